The van der Waals surface area contributed by atoms with Crippen molar-refractivity contribution < 1.29 is 22.7 Å². The summed E-state index contributed by atoms with van der Waals surface area (Å²) in [5.41, 5.74) is 1.93. The number of ether oxygens (including phenoxy) is 2. The molecule has 0 unspecified atom stereocenters. The van der Waals surface area contributed by atoms with E-state index in [1.165, 1.54) is 17.5 Å². The number of aromatic amines is 2. The molecule has 10 nitrogen and oxygen atoms in total. The molecule has 1 amide bonds. The molecule has 1 aliphatic heterocycles. The number of methoxy groups -OCH3 is 1. The molecule has 1 aromatic heterocycles. The van der Waals surface area contributed by atoms with E-state index >= 15 is 0 Å². The van der Waals surface area contributed by atoms with Gasteiger partial charge in [-0.2, -0.15) is 4.31 Å². The molecule has 1 saturated heterocycles. The van der Waals surface area contributed by atoms with Gasteiger partial charge in [-0.3, -0.25) is 4.79 Å². The standard InChI is InChI=1S/C20H22N4O6S/c1-29-17-5-2-13(10-18(17)31(27,28)24-6-8-30-9-7-24)11-19(25)21-14-3-4-15-16(12-14)23-20(26)22-15/h2-5,10,12H,6-9,11H2,1H3,(H,21,25)(H2,22,23,26). The molecule has 164 valence electrons. The van der Waals surface area contributed by atoms with Crippen molar-refractivity contribution in [1.29, 1.82) is 0 Å². The third-order valence-electron chi connectivity index (χ3n) is 4.98. The molecule has 0 bridgehead atoms. The average molecular weight is 446 g/mol. The second kappa shape index (κ2) is 8.53. The Kier molecular flexibility index (Phi) is 5.81. The summed E-state index contributed by atoms with van der Waals surface area (Å²) in [5, 5.41) is 2.76. The molecule has 3 aromatic rings. The van der Waals surface area contributed by atoms with Crippen molar-refractivity contribution in [3.63, 3.8) is 0 Å². The number of hydrogen-bond donors (Lipinski definition) is 3. The van der Waals surface area contributed by atoms with Crippen LogP contribution < -0.4 is 15.7 Å². The van der Waals surface area contributed by atoms with Crippen LogP contribution in [0.4, 0.5) is 5.69 Å². The minimum absolute atomic E-state index is 0.0218. The average Bonchev–Trinajstić information content (AvgIpc) is 3.13. The Labute approximate surface area is 178 Å². The summed E-state index contributed by atoms with van der Waals surface area (Å²) in [6.07, 6.45) is -0.0304. The van der Waals surface area contributed by atoms with E-state index in [9.17, 15) is 18.0 Å². The van der Waals surface area contributed by atoms with Crippen molar-refractivity contribution in [2.45, 2.75) is 11.3 Å². The quantitative estimate of drug-likeness (QED) is 0.519. The number of hydrogen-bond acceptors (Lipinski definition) is 6. The number of imidazole rings is 1. The van der Waals surface area contributed by atoms with Crippen molar-refractivity contribution in [2.24, 2.45) is 0 Å². The van der Waals surface area contributed by atoms with E-state index in [2.05, 4.69) is 15.3 Å². The van der Waals surface area contributed by atoms with Crippen molar-refractivity contribution in [3.8, 4) is 5.75 Å². The number of morpholine rings is 1. The fraction of sp³-hybridized carbons (Fsp3) is 0.300. The maximum absolute atomic E-state index is 13.1. The Morgan fingerprint density at radius 1 is 1.13 bits per heavy atom. The highest BCUT2D eigenvalue weighted by Gasteiger charge is 2.29. The van der Waals surface area contributed by atoms with Crippen LogP contribution in [0, 0.1) is 0 Å². The van der Waals surface area contributed by atoms with E-state index in [0.29, 0.717) is 35.5 Å². The van der Waals surface area contributed by atoms with Crippen LogP contribution in [0.15, 0.2) is 46.1 Å². The molecular weight excluding hydrogens is 424 g/mol. The molecule has 2 heterocycles. The van der Waals surface area contributed by atoms with E-state index in [-0.39, 0.29) is 41.8 Å². The van der Waals surface area contributed by atoms with Gasteiger partial charge in [0.15, 0.2) is 0 Å². The van der Waals surface area contributed by atoms with Gasteiger partial charge in [-0.25, -0.2) is 13.2 Å². The number of carbonyl (C=O) groups excluding carboxylic acids is 1. The molecule has 2 aromatic carbocycles. The number of fused-ring (bicyclic) bond motifs is 1. The molecule has 0 aliphatic carbocycles. The number of benzene rings is 2. The lowest BCUT2D eigenvalue weighted by Crippen LogP contribution is -2.40. The third kappa shape index (κ3) is 4.48. The van der Waals surface area contributed by atoms with Gasteiger partial charge in [-0.05, 0) is 35.9 Å². The zero-order chi connectivity index (χ0) is 22.0. The molecule has 3 N–H and O–H groups in total. The van der Waals surface area contributed by atoms with Gasteiger partial charge in [0, 0.05) is 18.8 Å². The zero-order valence-electron chi connectivity index (χ0n) is 16.8. The first-order valence-corrected chi connectivity index (χ1v) is 11.1. The number of anilines is 1. The first kappa shape index (κ1) is 21.1. The van der Waals surface area contributed by atoms with Gasteiger partial charge >= 0.3 is 5.69 Å². The Bertz CT molecular complexity index is 1270. The summed E-state index contributed by atoms with van der Waals surface area (Å²) in [7, 11) is -2.38. The highest BCUT2D eigenvalue weighted by atomic mass is 32.2. The van der Waals surface area contributed by atoms with Gasteiger partial charge in [0.2, 0.25) is 15.9 Å². The van der Waals surface area contributed by atoms with Gasteiger partial charge in [0.1, 0.15) is 10.6 Å². The van der Waals surface area contributed by atoms with E-state index < -0.39 is 10.0 Å². The van der Waals surface area contributed by atoms with Crippen molar-refractivity contribution >= 4 is 32.7 Å². The number of nitrogens with zero attached hydrogens (tertiary/aromatic N) is 1. The molecule has 0 spiro atoms. The summed E-state index contributed by atoms with van der Waals surface area (Å²) < 4.78 is 38.0. The van der Waals surface area contributed by atoms with Gasteiger partial charge in [0.05, 0.1) is 37.8 Å². The minimum atomic E-state index is -3.78. The monoisotopic (exact) mass is 446 g/mol. The fourth-order valence-electron chi connectivity index (χ4n) is 3.46. The molecule has 1 fully saturated rings. The van der Waals surface area contributed by atoms with Crippen LogP contribution in [0.2, 0.25) is 0 Å². The minimum Gasteiger partial charge on any atom is -0.495 e. The number of amides is 1. The number of rotatable bonds is 6. The number of sulfonamides is 1. The fourth-order valence-corrected chi connectivity index (χ4v) is 5.07. The second-order valence-electron chi connectivity index (χ2n) is 7.07. The van der Waals surface area contributed by atoms with Crippen LogP contribution in [0.25, 0.3) is 11.0 Å². The van der Waals surface area contributed by atoms with Crippen molar-refractivity contribution in [1.82, 2.24) is 14.3 Å². The topological polar surface area (TPSA) is 134 Å². The number of carbonyl (C=O) groups is 1. The summed E-state index contributed by atoms with van der Waals surface area (Å²) in [6.45, 7) is 1.20. The summed E-state index contributed by atoms with van der Waals surface area (Å²) in [5.74, 6) is -0.102. The van der Waals surface area contributed by atoms with E-state index in [4.69, 9.17) is 9.47 Å². The first-order valence-electron chi connectivity index (χ1n) is 9.63. The Hall–Kier alpha value is -3.15. The number of aromatic nitrogens is 2. The smallest absolute Gasteiger partial charge is 0.323 e. The van der Waals surface area contributed by atoms with Crippen LogP contribution in [0.1, 0.15) is 5.56 Å². The van der Waals surface area contributed by atoms with E-state index in [1.807, 2.05) is 0 Å². The van der Waals surface area contributed by atoms with Crippen LogP contribution in [-0.4, -0.2) is 62.0 Å². The maximum atomic E-state index is 13.1. The maximum Gasteiger partial charge on any atom is 0.323 e. The predicted molar refractivity (Wildman–Crippen MR) is 114 cm³/mol. The van der Waals surface area contributed by atoms with E-state index in [1.54, 1.807) is 30.3 Å². The lowest BCUT2D eigenvalue weighted by atomic mass is 10.1. The SMILES string of the molecule is COc1ccc(CC(=O)Nc2ccc3[nH]c(=O)[nH]c3c2)cc1S(=O)(=O)N1CCOCC1. The molecule has 4 rings (SSSR count). The number of nitrogens with one attached hydrogen (secondary N) is 3. The molecule has 1 aliphatic rings. The third-order valence-corrected chi connectivity index (χ3v) is 6.90. The van der Waals surface area contributed by atoms with Crippen LogP contribution in [0.3, 0.4) is 0 Å². The summed E-state index contributed by atoms with van der Waals surface area (Å²) in [6, 6.07) is 9.68. The summed E-state index contributed by atoms with van der Waals surface area (Å²) in [4.78, 5) is 29.2. The first-order chi connectivity index (χ1) is 14.9. The molecule has 31 heavy (non-hydrogen) atoms. The van der Waals surface area contributed by atoms with Crippen LogP contribution >= 0.6 is 0 Å². The lowest BCUT2D eigenvalue weighted by molar-refractivity contribution is -0.115. The lowest BCUT2D eigenvalue weighted by Gasteiger charge is -2.26. The Morgan fingerprint density at radius 3 is 2.61 bits per heavy atom. The molecular formula is C20H22N4O6S. The highest BCUT2D eigenvalue weighted by Crippen LogP contribution is 2.28. The molecule has 0 radical (unpaired) electrons. The molecule has 0 atom stereocenters. The van der Waals surface area contributed by atoms with Gasteiger partial charge in [0.25, 0.3) is 0 Å². The van der Waals surface area contributed by atoms with Crippen LogP contribution in [0.5, 0.6) is 5.75 Å². The predicted octanol–water partition coefficient (Wildman–Crippen LogP) is 1.07. The van der Waals surface area contributed by atoms with E-state index in [0.717, 1.165) is 0 Å². The molecule has 11 heteroatoms. The Morgan fingerprint density at radius 2 is 1.87 bits per heavy atom. The normalized spacial score (nSPS) is 15.1. The summed E-state index contributed by atoms with van der Waals surface area (Å²) >= 11 is 0. The largest absolute Gasteiger partial charge is 0.495 e. The van der Waals surface area contributed by atoms with Crippen molar-refractivity contribution in [3.05, 3.63) is 52.4 Å². The highest BCUT2D eigenvalue weighted by molar-refractivity contribution is 7.89. The zero-order valence-corrected chi connectivity index (χ0v) is 17.6. The molecule has 0 saturated carbocycles. The Balaban J connectivity index is 1.54. The van der Waals surface area contributed by atoms with Gasteiger partial charge < -0.3 is 24.8 Å². The van der Waals surface area contributed by atoms with Crippen LogP contribution in [-0.2, 0) is 26.0 Å². The van der Waals surface area contributed by atoms with Crippen molar-refractivity contribution in [2.75, 3.05) is 38.7 Å². The van der Waals surface area contributed by atoms with Gasteiger partial charge in [-0.1, -0.05) is 6.07 Å². The second-order valence-corrected chi connectivity index (χ2v) is 8.97. The van der Waals surface area contributed by atoms with Gasteiger partial charge in [-0.15, -0.1) is 0 Å². The number of H-pyrrole nitrogens is 2.